The lowest BCUT2D eigenvalue weighted by molar-refractivity contribution is -0.127. The number of anilines is 1. The molecule has 0 aliphatic carbocycles. The molecule has 2 aliphatic heterocycles. The van der Waals surface area contributed by atoms with Crippen LogP contribution in [-0.4, -0.2) is 73.9 Å². The zero-order valence-corrected chi connectivity index (χ0v) is 19.2. The lowest BCUT2D eigenvalue weighted by Gasteiger charge is -2.24. The van der Waals surface area contributed by atoms with Gasteiger partial charge in [0.05, 0.1) is 19.3 Å². The number of hydrogen-bond acceptors (Lipinski definition) is 4. The summed E-state index contributed by atoms with van der Waals surface area (Å²) in [5.74, 6) is 1.87. The van der Waals surface area contributed by atoms with Crippen LogP contribution in [0.1, 0.15) is 51.5 Å². The van der Waals surface area contributed by atoms with Gasteiger partial charge in [-0.15, -0.1) is 0 Å². The second kappa shape index (κ2) is 11.5. The fraction of sp³-hybridized carbons (Fsp3) is 0.667. The number of ether oxygens (including phenoxy) is 1. The number of likely N-dealkylation sites (tertiary alicyclic amines) is 1. The van der Waals surface area contributed by atoms with Crippen molar-refractivity contribution in [2.75, 3.05) is 50.8 Å². The molecule has 7 heteroatoms. The minimum absolute atomic E-state index is 0.284. The minimum Gasteiger partial charge on any atom is -0.389 e. The number of nitrogens with zero attached hydrogens (tertiary/aromatic N) is 3. The molecular formula is C24H38N4O3. The highest BCUT2D eigenvalue weighted by Crippen LogP contribution is 2.38. The van der Waals surface area contributed by atoms with Gasteiger partial charge < -0.3 is 25.0 Å². The summed E-state index contributed by atoms with van der Waals surface area (Å²) in [6.07, 6.45) is 1.99. The lowest BCUT2D eigenvalue weighted by Crippen LogP contribution is -2.42. The molecule has 1 saturated heterocycles. The van der Waals surface area contributed by atoms with Gasteiger partial charge in [0, 0.05) is 50.8 Å². The van der Waals surface area contributed by atoms with E-state index >= 15 is 0 Å². The summed E-state index contributed by atoms with van der Waals surface area (Å²) >= 11 is 0. The van der Waals surface area contributed by atoms with Crippen molar-refractivity contribution in [3.8, 4) is 0 Å². The van der Waals surface area contributed by atoms with Crippen molar-refractivity contribution >= 4 is 17.6 Å². The van der Waals surface area contributed by atoms with Crippen LogP contribution < -0.4 is 10.2 Å². The van der Waals surface area contributed by atoms with E-state index in [0.29, 0.717) is 38.0 Å². The van der Waals surface area contributed by atoms with E-state index in [1.807, 2.05) is 4.90 Å². The molecule has 0 saturated carbocycles. The van der Waals surface area contributed by atoms with Gasteiger partial charge in [0.25, 0.3) is 0 Å². The van der Waals surface area contributed by atoms with Gasteiger partial charge >= 0.3 is 0 Å². The van der Waals surface area contributed by atoms with Crippen molar-refractivity contribution in [3.05, 3.63) is 29.8 Å². The number of carbonyl (C=O) groups is 1. The second-order valence-corrected chi connectivity index (χ2v) is 8.92. The number of para-hydroxylation sites is 1. The van der Waals surface area contributed by atoms with Gasteiger partial charge in [0.2, 0.25) is 5.91 Å². The predicted molar refractivity (Wildman–Crippen MR) is 125 cm³/mol. The van der Waals surface area contributed by atoms with Crippen LogP contribution in [0.25, 0.3) is 0 Å². The number of amides is 1. The van der Waals surface area contributed by atoms with Crippen LogP contribution in [0, 0.1) is 5.92 Å². The number of guanidine groups is 1. The summed E-state index contributed by atoms with van der Waals surface area (Å²) in [6, 6.07) is 8.45. The molecule has 2 atom stereocenters. The molecule has 0 bridgehead atoms. The first-order chi connectivity index (χ1) is 15.0. The highest BCUT2D eigenvalue weighted by Gasteiger charge is 2.32. The van der Waals surface area contributed by atoms with Gasteiger partial charge in [-0.05, 0) is 37.3 Å². The van der Waals surface area contributed by atoms with Gasteiger partial charge in [0.1, 0.15) is 0 Å². The Morgan fingerprint density at radius 2 is 2.13 bits per heavy atom. The van der Waals surface area contributed by atoms with E-state index in [4.69, 9.17) is 9.73 Å². The van der Waals surface area contributed by atoms with Crippen LogP contribution in [0.3, 0.4) is 0 Å². The zero-order chi connectivity index (χ0) is 22.2. The monoisotopic (exact) mass is 430 g/mol. The summed E-state index contributed by atoms with van der Waals surface area (Å²) < 4.78 is 5.55. The molecule has 1 aromatic carbocycles. The summed E-state index contributed by atoms with van der Waals surface area (Å²) in [5.41, 5.74) is 2.46. The summed E-state index contributed by atoms with van der Waals surface area (Å²) in [4.78, 5) is 20.9. The Kier molecular flexibility index (Phi) is 8.72. The molecule has 0 spiro atoms. The van der Waals surface area contributed by atoms with Crippen LogP contribution in [0.2, 0.25) is 0 Å². The number of nitrogens with one attached hydrogen (secondary N) is 1. The Bertz CT molecular complexity index is 752. The normalized spacial score (nSPS) is 20.0. The maximum atomic E-state index is 12.0. The number of aliphatic hydroxyl groups excluding tert-OH is 1. The SMILES string of the molecule is CCNC(=NCC(O)COCC(C)C)N1CC(CCN2CCCC2=O)c2ccccc21. The zero-order valence-electron chi connectivity index (χ0n) is 19.2. The molecule has 2 N–H and O–H groups in total. The van der Waals surface area contributed by atoms with Crippen molar-refractivity contribution in [1.29, 1.82) is 0 Å². The van der Waals surface area contributed by atoms with E-state index in [0.717, 1.165) is 50.7 Å². The Balaban J connectivity index is 1.66. The molecule has 0 radical (unpaired) electrons. The molecule has 31 heavy (non-hydrogen) atoms. The van der Waals surface area contributed by atoms with Crippen LogP contribution >= 0.6 is 0 Å². The highest BCUT2D eigenvalue weighted by molar-refractivity contribution is 5.98. The number of rotatable bonds is 10. The number of benzene rings is 1. The van der Waals surface area contributed by atoms with Crippen molar-refractivity contribution in [2.24, 2.45) is 10.9 Å². The Labute approximate surface area is 186 Å². The van der Waals surface area contributed by atoms with Crippen LogP contribution in [0.15, 0.2) is 29.3 Å². The topological polar surface area (TPSA) is 77.4 Å². The van der Waals surface area contributed by atoms with Gasteiger partial charge in [-0.25, -0.2) is 0 Å². The number of carbonyl (C=O) groups excluding carboxylic acids is 1. The Hall–Kier alpha value is -2.12. The van der Waals surface area contributed by atoms with Crippen LogP contribution in [-0.2, 0) is 9.53 Å². The Morgan fingerprint density at radius 1 is 1.32 bits per heavy atom. The summed E-state index contributed by atoms with van der Waals surface area (Å²) in [5, 5.41) is 13.7. The smallest absolute Gasteiger partial charge is 0.222 e. The van der Waals surface area contributed by atoms with Gasteiger partial charge in [-0.1, -0.05) is 32.0 Å². The molecular weight excluding hydrogens is 392 g/mol. The van der Waals surface area contributed by atoms with Crippen molar-refractivity contribution in [2.45, 2.75) is 52.1 Å². The maximum absolute atomic E-state index is 12.0. The van der Waals surface area contributed by atoms with E-state index < -0.39 is 6.10 Å². The van der Waals surface area contributed by atoms with Crippen LogP contribution in [0.4, 0.5) is 5.69 Å². The summed E-state index contributed by atoms with van der Waals surface area (Å²) in [7, 11) is 0. The van der Waals surface area contributed by atoms with E-state index in [9.17, 15) is 9.90 Å². The largest absolute Gasteiger partial charge is 0.389 e. The first-order valence-corrected chi connectivity index (χ1v) is 11.7. The first-order valence-electron chi connectivity index (χ1n) is 11.7. The molecule has 2 heterocycles. The average molecular weight is 431 g/mol. The van der Waals surface area contributed by atoms with Crippen molar-refractivity contribution in [3.63, 3.8) is 0 Å². The van der Waals surface area contributed by atoms with E-state index in [1.54, 1.807) is 0 Å². The fourth-order valence-corrected chi connectivity index (χ4v) is 4.27. The fourth-order valence-electron chi connectivity index (χ4n) is 4.27. The number of hydrogen-bond donors (Lipinski definition) is 2. The standard InChI is InChI=1S/C24H38N4O3/c1-4-25-24(26-14-20(29)17-31-16-18(2)3)28-15-19(21-8-5-6-9-22(21)28)11-13-27-12-7-10-23(27)30/h5-6,8-9,18-20,29H,4,7,10-17H2,1-3H3,(H,25,26). The van der Waals surface area contributed by atoms with E-state index in [2.05, 4.69) is 55.3 Å². The van der Waals surface area contributed by atoms with Gasteiger partial charge in [-0.2, -0.15) is 0 Å². The molecule has 1 amide bonds. The number of aliphatic hydroxyl groups is 1. The van der Waals surface area contributed by atoms with Crippen molar-refractivity contribution in [1.82, 2.24) is 10.2 Å². The third-order valence-corrected chi connectivity index (χ3v) is 5.79. The van der Waals surface area contributed by atoms with Gasteiger partial charge in [-0.3, -0.25) is 9.79 Å². The lowest BCUT2D eigenvalue weighted by atomic mass is 9.98. The van der Waals surface area contributed by atoms with E-state index in [-0.39, 0.29) is 5.91 Å². The molecule has 3 rings (SSSR count). The molecule has 2 aliphatic rings. The number of fused-ring (bicyclic) bond motifs is 1. The van der Waals surface area contributed by atoms with Gasteiger partial charge in [0.15, 0.2) is 5.96 Å². The second-order valence-electron chi connectivity index (χ2n) is 8.92. The molecule has 2 unspecified atom stereocenters. The average Bonchev–Trinajstić information content (AvgIpc) is 3.32. The van der Waals surface area contributed by atoms with E-state index in [1.165, 1.54) is 5.56 Å². The quantitative estimate of drug-likeness (QED) is 0.441. The molecule has 172 valence electrons. The highest BCUT2D eigenvalue weighted by atomic mass is 16.5. The summed E-state index contributed by atoms with van der Waals surface area (Å²) in [6.45, 7) is 10.7. The molecule has 7 nitrogen and oxygen atoms in total. The molecule has 1 aromatic rings. The van der Waals surface area contributed by atoms with Crippen molar-refractivity contribution < 1.29 is 14.6 Å². The number of aliphatic imine (C=N–C) groups is 1. The third-order valence-electron chi connectivity index (χ3n) is 5.79. The minimum atomic E-state index is -0.623. The first kappa shape index (κ1) is 23.5. The predicted octanol–water partition coefficient (Wildman–Crippen LogP) is 2.60. The van der Waals surface area contributed by atoms with Crippen LogP contribution in [0.5, 0.6) is 0 Å². The Morgan fingerprint density at radius 3 is 2.84 bits per heavy atom. The maximum Gasteiger partial charge on any atom is 0.222 e. The molecule has 1 fully saturated rings. The third kappa shape index (κ3) is 6.43. The molecule has 0 aromatic heterocycles.